The predicted octanol–water partition coefficient (Wildman–Crippen LogP) is 2.81. The van der Waals surface area contributed by atoms with E-state index in [1.807, 2.05) is 25.7 Å². The number of piperidine rings is 1. The number of thioether (sulfide) groups is 1. The van der Waals surface area contributed by atoms with Crippen LogP contribution in [0.5, 0.6) is 0 Å². The Balaban J connectivity index is 2.13. The normalized spacial score (nSPS) is 27.0. The zero-order valence-electron chi connectivity index (χ0n) is 15.3. The Bertz CT molecular complexity index is 555. The summed E-state index contributed by atoms with van der Waals surface area (Å²) in [5.74, 6) is 0.136. The first kappa shape index (κ1) is 19.0. The molecule has 134 valence electrons. The average molecular weight is 353 g/mol. The zero-order chi connectivity index (χ0) is 18.1. The molecule has 2 fully saturated rings. The Hall–Kier alpha value is -1.30. The lowest BCUT2D eigenvalue weighted by Gasteiger charge is -2.39. The quantitative estimate of drug-likeness (QED) is 0.733. The van der Waals surface area contributed by atoms with E-state index in [0.29, 0.717) is 10.8 Å². The third-order valence-corrected chi connectivity index (χ3v) is 5.70. The summed E-state index contributed by atoms with van der Waals surface area (Å²) in [7, 11) is 0. The highest BCUT2D eigenvalue weighted by Gasteiger charge is 2.35. The van der Waals surface area contributed by atoms with Crippen LogP contribution in [0.2, 0.25) is 0 Å². The minimum atomic E-state index is -0.495. The maximum absolute atomic E-state index is 12.8. The summed E-state index contributed by atoms with van der Waals surface area (Å²) in [5, 5.41) is 0.602. The lowest BCUT2D eigenvalue weighted by Crippen LogP contribution is -2.51. The molecular weight excluding hydrogens is 324 g/mol. The van der Waals surface area contributed by atoms with Gasteiger partial charge in [0.25, 0.3) is 0 Å². The van der Waals surface area contributed by atoms with Crippen molar-refractivity contribution in [2.45, 2.75) is 66.0 Å². The molecule has 0 aromatic rings. The van der Waals surface area contributed by atoms with Gasteiger partial charge in [0, 0.05) is 23.6 Å². The van der Waals surface area contributed by atoms with Crippen molar-refractivity contribution < 1.29 is 14.4 Å². The molecule has 0 bridgehead atoms. The molecule has 0 aromatic heterocycles. The monoisotopic (exact) mass is 352 g/mol. The number of hydrogen-bond acceptors (Lipinski definition) is 4. The summed E-state index contributed by atoms with van der Waals surface area (Å²) in [6.45, 7) is 9.70. The van der Waals surface area contributed by atoms with Gasteiger partial charge < -0.3 is 4.90 Å². The molecule has 0 unspecified atom stereocenters. The highest BCUT2D eigenvalue weighted by Crippen LogP contribution is 2.31. The molecule has 2 aliphatic rings. The molecule has 5 nitrogen and oxygen atoms in total. The van der Waals surface area contributed by atoms with Crippen LogP contribution in [0.4, 0.5) is 0 Å². The zero-order valence-corrected chi connectivity index (χ0v) is 16.1. The lowest BCUT2D eigenvalue weighted by molar-refractivity contribution is -0.141. The van der Waals surface area contributed by atoms with Gasteiger partial charge in [-0.05, 0) is 33.1 Å². The number of nitrogens with zero attached hydrogens (tertiary/aromatic N) is 2. The molecule has 2 atom stereocenters. The van der Waals surface area contributed by atoms with Gasteiger partial charge in [-0.3, -0.25) is 19.3 Å². The van der Waals surface area contributed by atoms with Crippen LogP contribution in [0.25, 0.3) is 0 Å². The topological polar surface area (TPSA) is 57.7 Å². The highest BCUT2D eigenvalue weighted by atomic mass is 32.2. The van der Waals surface area contributed by atoms with E-state index in [9.17, 15) is 14.4 Å². The van der Waals surface area contributed by atoms with Crippen LogP contribution in [0.15, 0.2) is 11.1 Å². The fourth-order valence-electron chi connectivity index (χ4n) is 3.16. The molecule has 0 aliphatic carbocycles. The maximum atomic E-state index is 12.8. The van der Waals surface area contributed by atoms with Gasteiger partial charge in [0.1, 0.15) is 6.54 Å². The molecule has 0 spiro atoms. The van der Waals surface area contributed by atoms with Crippen LogP contribution < -0.4 is 0 Å². The number of carbonyl (C=O) groups excluding carboxylic acids is 3. The lowest BCUT2D eigenvalue weighted by atomic mass is 9.91. The number of ketones is 1. The summed E-state index contributed by atoms with van der Waals surface area (Å²) in [4.78, 5) is 40.6. The SMILES string of the molecule is C[C@@H]1CCC[C@H](C)N1C(=O)CN1C(=O)CS/C1=C/C(=O)C(C)(C)C. The molecule has 2 heterocycles. The Morgan fingerprint density at radius 1 is 1.21 bits per heavy atom. The number of allylic oxidation sites excluding steroid dienone is 1. The molecule has 0 saturated carbocycles. The molecule has 6 heteroatoms. The first-order valence-electron chi connectivity index (χ1n) is 8.61. The molecule has 2 aliphatic heterocycles. The van der Waals surface area contributed by atoms with Crippen molar-refractivity contribution in [2.75, 3.05) is 12.3 Å². The average Bonchev–Trinajstić information content (AvgIpc) is 2.79. The standard InChI is InChI=1S/C18H28N2O3S/c1-12-7-6-8-13(2)20(12)15(22)10-19-16(23)11-24-17(19)9-14(21)18(3,4)5/h9,12-13H,6-8,10-11H2,1-5H3/b17-9+/t12-,13+. The van der Waals surface area contributed by atoms with Gasteiger partial charge in [-0.25, -0.2) is 0 Å². The van der Waals surface area contributed by atoms with E-state index in [4.69, 9.17) is 0 Å². The first-order valence-corrected chi connectivity index (χ1v) is 9.60. The van der Waals surface area contributed by atoms with Crippen LogP contribution in [0, 0.1) is 5.41 Å². The summed E-state index contributed by atoms with van der Waals surface area (Å²) >= 11 is 1.34. The number of hydrogen-bond donors (Lipinski definition) is 0. The molecule has 2 amide bonds. The van der Waals surface area contributed by atoms with E-state index in [1.54, 1.807) is 0 Å². The fraction of sp³-hybridized carbons (Fsp3) is 0.722. The Morgan fingerprint density at radius 3 is 2.33 bits per heavy atom. The molecule has 2 rings (SSSR count). The fourth-order valence-corrected chi connectivity index (χ4v) is 4.10. The molecule has 0 aromatic carbocycles. The van der Waals surface area contributed by atoms with Gasteiger partial charge in [-0.2, -0.15) is 0 Å². The smallest absolute Gasteiger partial charge is 0.243 e. The second-order valence-electron chi connectivity index (χ2n) is 7.80. The van der Waals surface area contributed by atoms with Crippen LogP contribution in [0.1, 0.15) is 53.9 Å². The van der Waals surface area contributed by atoms with E-state index in [0.717, 1.165) is 19.3 Å². The molecule has 0 N–H and O–H groups in total. The minimum Gasteiger partial charge on any atom is -0.336 e. The largest absolute Gasteiger partial charge is 0.336 e. The van der Waals surface area contributed by atoms with Crippen LogP contribution in [0.3, 0.4) is 0 Å². The second-order valence-corrected chi connectivity index (χ2v) is 8.79. The van der Waals surface area contributed by atoms with Crippen molar-refractivity contribution >= 4 is 29.4 Å². The third-order valence-electron chi connectivity index (χ3n) is 4.68. The van der Waals surface area contributed by atoms with Crippen molar-refractivity contribution in [1.82, 2.24) is 9.80 Å². The van der Waals surface area contributed by atoms with Crippen molar-refractivity contribution in [2.24, 2.45) is 5.41 Å². The van der Waals surface area contributed by atoms with Gasteiger partial charge in [0.05, 0.1) is 10.8 Å². The Labute approximate surface area is 148 Å². The van der Waals surface area contributed by atoms with E-state index in [2.05, 4.69) is 13.8 Å². The summed E-state index contributed by atoms with van der Waals surface area (Å²) in [5.41, 5.74) is -0.495. The van der Waals surface area contributed by atoms with E-state index < -0.39 is 5.41 Å². The molecular formula is C18H28N2O3S. The summed E-state index contributed by atoms with van der Waals surface area (Å²) in [6, 6.07) is 0.408. The van der Waals surface area contributed by atoms with Gasteiger partial charge >= 0.3 is 0 Å². The number of likely N-dealkylation sites (tertiary alicyclic amines) is 1. The van der Waals surface area contributed by atoms with Crippen LogP contribution >= 0.6 is 11.8 Å². The number of rotatable bonds is 3. The van der Waals surface area contributed by atoms with Crippen molar-refractivity contribution in [3.8, 4) is 0 Å². The van der Waals surface area contributed by atoms with Crippen molar-refractivity contribution in [3.05, 3.63) is 11.1 Å². The van der Waals surface area contributed by atoms with Gasteiger partial charge in [0.15, 0.2) is 5.78 Å². The Morgan fingerprint density at radius 2 is 1.79 bits per heavy atom. The summed E-state index contributed by atoms with van der Waals surface area (Å²) < 4.78 is 0. The van der Waals surface area contributed by atoms with E-state index >= 15 is 0 Å². The molecule has 2 saturated heterocycles. The van der Waals surface area contributed by atoms with Crippen LogP contribution in [-0.2, 0) is 14.4 Å². The summed E-state index contributed by atoms with van der Waals surface area (Å²) in [6.07, 6.45) is 4.66. The number of amides is 2. The second kappa shape index (κ2) is 7.30. The van der Waals surface area contributed by atoms with Crippen LogP contribution in [-0.4, -0.2) is 51.8 Å². The van der Waals surface area contributed by atoms with Crippen molar-refractivity contribution in [1.29, 1.82) is 0 Å². The molecule has 24 heavy (non-hydrogen) atoms. The van der Waals surface area contributed by atoms with Gasteiger partial charge in [-0.1, -0.05) is 32.5 Å². The predicted molar refractivity (Wildman–Crippen MR) is 96.3 cm³/mol. The highest BCUT2D eigenvalue weighted by molar-refractivity contribution is 8.04. The van der Waals surface area contributed by atoms with E-state index in [-0.39, 0.29) is 36.2 Å². The maximum Gasteiger partial charge on any atom is 0.243 e. The first-order chi connectivity index (χ1) is 11.1. The van der Waals surface area contributed by atoms with E-state index in [1.165, 1.54) is 22.7 Å². The van der Waals surface area contributed by atoms with Gasteiger partial charge in [-0.15, -0.1) is 0 Å². The minimum absolute atomic E-state index is 0.0281. The van der Waals surface area contributed by atoms with Gasteiger partial charge in [0.2, 0.25) is 11.8 Å². The third kappa shape index (κ3) is 4.21. The molecule has 0 radical (unpaired) electrons. The number of carbonyl (C=O) groups is 3. The Kier molecular flexibility index (Phi) is 5.78. The van der Waals surface area contributed by atoms with Crippen molar-refractivity contribution in [3.63, 3.8) is 0 Å².